The summed E-state index contributed by atoms with van der Waals surface area (Å²) in [5.41, 5.74) is 1.46. The van der Waals surface area contributed by atoms with Gasteiger partial charge in [-0.15, -0.1) is 5.10 Å². The lowest BCUT2D eigenvalue weighted by molar-refractivity contribution is 0.108. The van der Waals surface area contributed by atoms with E-state index in [1.54, 1.807) is 12.1 Å². The van der Waals surface area contributed by atoms with Crippen molar-refractivity contribution in [2.75, 3.05) is 0 Å². The van der Waals surface area contributed by atoms with Crippen molar-refractivity contribution in [3.05, 3.63) is 23.8 Å². The van der Waals surface area contributed by atoms with Gasteiger partial charge < -0.3 is 4.52 Å². The second-order valence-corrected chi connectivity index (χ2v) is 2.57. The fourth-order valence-electron chi connectivity index (χ4n) is 0.903. The SMILES string of the molecule is O=C(Cl)c1ccc2onnc2c1. The van der Waals surface area contributed by atoms with Gasteiger partial charge in [-0.25, -0.2) is 0 Å². The average molecular weight is 183 g/mol. The summed E-state index contributed by atoms with van der Waals surface area (Å²) in [6.45, 7) is 0. The standard InChI is InChI=1S/C7H3ClN2O2/c8-7(11)4-1-2-6-5(3-4)9-10-12-6/h1-3H. The second kappa shape index (κ2) is 2.57. The first-order valence-corrected chi connectivity index (χ1v) is 3.57. The topological polar surface area (TPSA) is 56.0 Å². The highest BCUT2D eigenvalue weighted by Crippen LogP contribution is 2.13. The summed E-state index contributed by atoms with van der Waals surface area (Å²) in [4.78, 5) is 10.7. The summed E-state index contributed by atoms with van der Waals surface area (Å²) in [6.07, 6.45) is 0. The van der Waals surface area contributed by atoms with E-state index < -0.39 is 5.24 Å². The number of carbonyl (C=O) groups is 1. The highest BCUT2D eigenvalue weighted by Gasteiger charge is 2.05. The van der Waals surface area contributed by atoms with Crippen molar-refractivity contribution in [3.63, 3.8) is 0 Å². The predicted octanol–water partition coefficient (Wildman–Crippen LogP) is 1.60. The first-order chi connectivity index (χ1) is 5.77. The zero-order valence-corrected chi connectivity index (χ0v) is 6.58. The van der Waals surface area contributed by atoms with Gasteiger partial charge in [-0.2, -0.15) is 0 Å². The fourth-order valence-corrected chi connectivity index (χ4v) is 1.02. The lowest BCUT2D eigenvalue weighted by Crippen LogP contribution is -1.86. The molecule has 12 heavy (non-hydrogen) atoms. The van der Waals surface area contributed by atoms with Gasteiger partial charge in [0, 0.05) is 10.8 Å². The van der Waals surface area contributed by atoms with Crippen LogP contribution in [-0.2, 0) is 0 Å². The van der Waals surface area contributed by atoms with Gasteiger partial charge in [0.1, 0.15) is 5.52 Å². The molecule has 0 saturated heterocycles. The van der Waals surface area contributed by atoms with Gasteiger partial charge in [-0.1, -0.05) is 0 Å². The smallest absolute Gasteiger partial charge is 0.252 e. The highest BCUT2D eigenvalue weighted by molar-refractivity contribution is 6.67. The van der Waals surface area contributed by atoms with Crippen LogP contribution in [0.5, 0.6) is 0 Å². The first-order valence-electron chi connectivity index (χ1n) is 3.19. The minimum absolute atomic E-state index is 0.389. The molecule has 0 radical (unpaired) electrons. The summed E-state index contributed by atoms with van der Waals surface area (Å²) in [5, 5.41) is 6.44. The molecular weight excluding hydrogens is 180 g/mol. The van der Waals surface area contributed by atoms with E-state index in [1.807, 2.05) is 0 Å². The lowest BCUT2D eigenvalue weighted by atomic mass is 10.2. The van der Waals surface area contributed by atoms with Crippen molar-refractivity contribution in [1.29, 1.82) is 0 Å². The van der Waals surface area contributed by atoms with E-state index in [0.717, 1.165) is 0 Å². The van der Waals surface area contributed by atoms with Crippen LogP contribution in [0, 0.1) is 0 Å². The van der Waals surface area contributed by atoms with Gasteiger partial charge in [-0.05, 0) is 29.8 Å². The molecule has 0 fully saturated rings. The Morgan fingerprint density at radius 3 is 3.08 bits per heavy atom. The van der Waals surface area contributed by atoms with E-state index in [9.17, 15) is 4.79 Å². The van der Waals surface area contributed by atoms with Crippen LogP contribution in [0.3, 0.4) is 0 Å². The van der Waals surface area contributed by atoms with Crippen LogP contribution in [-0.4, -0.2) is 15.6 Å². The van der Waals surface area contributed by atoms with Crippen molar-refractivity contribution in [2.45, 2.75) is 0 Å². The van der Waals surface area contributed by atoms with Crippen LogP contribution in [0.15, 0.2) is 22.7 Å². The Bertz CT molecular complexity index is 438. The van der Waals surface area contributed by atoms with E-state index in [4.69, 9.17) is 16.1 Å². The Balaban J connectivity index is 2.68. The Hall–Kier alpha value is -1.42. The molecule has 5 heteroatoms. The molecule has 0 bridgehead atoms. The van der Waals surface area contributed by atoms with Crippen LogP contribution in [0.2, 0.25) is 0 Å². The number of halogens is 1. The molecule has 1 heterocycles. The van der Waals surface area contributed by atoms with Crippen LogP contribution < -0.4 is 0 Å². The molecule has 2 aromatic rings. The molecule has 2 rings (SSSR count). The number of aromatic nitrogens is 2. The molecule has 1 aromatic heterocycles. The number of fused-ring (bicyclic) bond motifs is 1. The molecule has 0 aliphatic carbocycles. The Labute approximate surface area is 72.1 Å². The molecule has 1 aromatic carbocycles. The average Bonchev–Trinajstić information content (AvgIpc) is 2.49. The van der Waals surface area contributed by atoms with Gasteiger partial charge in [0.2, 0.25) is 0 Å². The monoisotopic (exact) mass is 182 g/mol. The summed E-state index contributed by atoms with van der Waals surface area (Å²) in [7, 11) is 0. The van der Waals surface area contributed by atoms with Gasteiger partial charge in [0.15, 0.2) is 5.58 Å². The molecular formula is C7H3ClN2O2. The molecule has 0 spiro atoms. The Kier molecular flexibility index (Phi) is 1.55. The normalized spacial score (nSPS) is 10.4. The van der Waals surface area contributed by atoms with Crippen molar-refractivity contribution in [2.24, 2.45) is 0 Å². The summed E-state index contributed by atoms with van der Waals surface area (Å²) in [6, 6.07) is 4.69. The third kappa shape index (κ3) is 1.06. The number of benzene rings is 1. The van der Waals surface area contributed by atoms with E-state index in [0.29, 0.717) is 16.7 Å². The van der Waals surface area contributed by atoms with Crippen molar-refractivity contribution in [1.82, 2.24) is 10.4 Å². The summed E-state index contributed by atoms with van der Waals surface area (Å²) < 4.78 is 4.74. The largest absolute Gasteiger partial charge is 0.337 e. The number of nitrogens with zero attached hydrogens (tertiary/aromatic N) is 2. The van der Waals surface area contributed by atoms with E-state index in [1.165, 1.54) is 6.07 Å². The van der Waals surface area contributed by atoms with Crippen LogP contribution in [0.4, 0.5) is 0 Å². The maximum atomic E-state index is 10.7. The van der Waals surface area contributed by atoms with E-state index >= 15 is 0 Å². The molecule has 0 unspecified atom stereocenters. The zero-order valence-electron chi connectivity index (χ0n) is 5.82. The molecule has 0 N–H and O–H groups in total. The molecule has 0 saturated carbocycles. The maximum absolute atomic E-state index is 10.7. The zero-order chi connectivity index (χ0) is 8.55. The third-order valence-electron chi connectivity index (χ3n) is 1.47. The van der Waals surface area contributed by atoms with Crippen LogP contribution in [0.1, 0.15) is 10.4 Å². The van der Waals surface area contributed by atoms with Crippen LogP contribution >= 0.6 is 11.6 Å². The second-order valence-electron chi connectivity index (χ2n) is 2.23. The number of hydrogen-bond donors (Lipinski definition) is 0. The van der Waals surface area contributed by atoms with Gasteiger partial charge in [0.05, 0.1) is 0 Å². The summed E-state index contributed by atoms with van der Waals surface area (Å²) in [5.74, 6) is 0. The van der Waals surface area contributed by atoms with Gasteiger partial charge in [0.25, 0.3) is 5.24 Å². The molecule has 0 aliphatic rings. The molecule has 60 valence electrons. The minimum atomic E-state index is -0.514. The Morgan fingerprint density at radius 2 is 2.33 bits per heavy atom. The minimum Gasteiger partial charge on any atom is -0.337 e. The van der Waals surface area contributed by atoms with E-state index in [2.05, 4.69) is 10.4 Å². The molecule has 0 aliphatic heterocycles. The maximum Gasteiger partial charge on any atom is 0.252 e. The third-order valence-corrected chi connectivity index (χ3v) is 1.69. The Morgan fingerprint density at radius 1 is 1.50 bits per heavy atom. The van der Waals surface area contributed by atoms with Crippen molar-refractivity contribution >= 4 is 27.9 Å². The quantitative estimate of drug-likeness (QED) is 0.629. The predicted molar refractivity (Wildman–Crippen MR) is 42.0 cm³/mol. The number of hydrogen-bond acceptors (Lipinski definition) is 4. The van der Waals surface area contributed by atoms with Gasteiger partial charge in [-0.3, -0.25) is 4.79 Å². The molecule has 0 amide bonds. The molecule has 4 nitrogen and oxygen atoms in total. The number of rotatable bonds is 1. The molecule has 0 atom stereocenters. The highest BCUT2D eigenvalue weighted by atomic mass is 35.5. The summed E-state index contributed by atoms with van der Waals surface area (Å²) >= 11 is 5.25. The van der Waals surface area contributed by atoms with E-state index in [-0.39, 0.29) is 0 Å². The fraction of sp³-hybridized carbons (Fsp3) is 0. The number of carbonyl (C=O) groups excluding carboxylic acids is 1. The van der Waals surface area contributed by atoms with Crippen LogP contribution in [0.25, 0.3) is 11.1 Å². The van der Waals surface area contributed by atoms with Crippen molar-refractivity contribution < 1.29 is 9.32 Å². The lowest BCUT2D eigenvalue weighted by Gasteiger charge is -1.89. The van der Waals surface area contributed by atoms with Gasteiger partial charge >= 0.3 is 0 Å². The van der Waals surface area contributed by atoms with Crippen molar-refractivity contribution in [3.8, 4) is 0 Å². The first kappa shape index (κ1) is 7.24.